The number of hydrogen-bond acceptors (Lipinski definition) is 8. The molecule has 8 heteroatoms. The molecule has 0 aromatic heterocycles. The summed E-state index contributed by atoms with van der Waals surface area (Å²) in [6.07, 6.45) is -0.362. The van der Waals surface area contributed by atoms with Crippen LogP contribution in [0.5, 0.6) is 28.7 Å². The van der Waals surface area contributed by atoms with E-state index in [9.17, 15) is 9.59 Å². The number of carbonyl (C=O) groups is 2. The van der Waals surface area contributed by atoms with Crippen molar-refractivity contribution in [3.8, 4) is 28.7 Å². The van der Waals surface area contributed by atoms with Gasteiger partial charge in [0.1, 0.15) is 42.7 Å². The highest BCUT2D eigenvalue weighted by Gasteiger charge is 2.45. The van der Waals surface area contributed by atoms with Gasteiger partial charge in [0.25, 0.3) is 0 Å². The van der Waals surface area contributed by atoms with Gasteiger partial charge in [0, 0.05) is 36.1 Å². The average Bonchev–Trinajstić information content (AvgIpc) is 3.26. The van der Waals surface area contributed by atoms with E-state index in [2.05, 4.69) is 6.58 Å². The molecular formula is C25H24O8. The van der Waals surface area contributed by atoms with Crippen LogP contribution in [0.4, 0.5) is 0 Å². The molecule has 3 aliphatic heterocycles. The van der Waals surface area contributed by atoms with E-state index in [-0.39, 0.29) is 31.1 Å². The smallest absolute Gasteiger partial charge is 0.302 e. The van der Waals surface area contributed by atoms with Crippen molar-refractivity contribution in [1.29, 1.82) is 0 Å². The van der Waals surface area contributed by atoms with Gasteiger partial charge in [-0.1, -0.05) is 6.58 Å². The average molecular weight is 452 g/mol. The topological polar surface area (TPSA) is 89.5 Å². The number of methoxy groups -OCH3 is 2. The van der Waals surface area contributed by atoms with Crippen LogP contribution in [-0.2, 0) is 16.0 Å². The fraction of sp³-hybridized carbons (Fsp3) is 0.360. The van der Waals surface area contributed by atoms with Crippen molar-refractivity contribution in [1.82, 2.24) is 0 Å². The summed E-state index contributed by atoms with van der Waals surface area (Å²) >= 11 is 0. The normalized spacial score (nSPS) is 21.8. The lowest BCUT2D eigenvalue weighted by Gasteiger charge is -2.37. The predicted molar refractivity (Wildman–Crippen MR) is 117 cm³/mol. The molecule has 5 rings (SSSR count). The van der Waals surface area contributed by atoms with Crippen LogP contribution in [0.25, 0.3) is 0 Å². The number of Topliss-reactive ketones (excluding diaryl/α,β-unsaturated/α-hetero) is 1. The summed E-state index contributed by atoms with van der Waals surface area (Å²) < 4.78 is 34.1. The summed E-state index contributed by atoms with van der Waals surface area (Å²) in [5.41, 5.74) is 2.67. The van der Waals surface area contributed by atoms with E-state index < -0.39 is 12.0 Å². The van der Waals surface area contributed by atoms with Gasteiger partial charge in [-0.3, -0.25) is 9.59 Å². The number of esters is 1. The number of fused-ring (bicyclic) bond motifs is 6. The first-order valence-corrected chi connectivity index (χ1v) is 10.6. The van der Waals surface area contributed by atoms with E-state index in [1.165, 1.54) is 6.92 Å². The Labute approximate surface area is 191 Å². The molecule has 3 aliphatic rings. The van der Waals surface area contributed by atoms with Gasteiger partial charge in [0.2, 0.25) is 0 Å². The van der Waals surface area contributed by atoms with Crippen LogP contribution in [0, 0.1) is 0 Å². The quantitative estimate of drug-likeness (QED) is 0.505. The fourth-order valence-corrected chi connectivity index (χ4v) is 4.58. The molecule has 3 heterocycles. The number of rotatable bonds is 5. The summed E-state index contributed by atoms with van der Waals surface area (Å²) in [6.45, 7) is 5.64. The molecule has 8 nitrogen and oxygen atoms in total. The van der Waals surface area contributed by atoms with Gasteiger partial charge < -0.3 is 28.4 Å². The summed E-state index contributed by atoms with van der Waals surface area (Å²) in [5.74, 6) is 1.87. The van der Waals surface area contributed by atoms with Gasteiger partial charge in [-0.2, -0.15) is 0 Å². The van der Waals surface area contributed by atoms with Crippen LogP contribution in [0.3, 0.4) is 0 Å². The molecule has 3 atom stereocenters. The fourth-order valence-electron chi connectivity index (χ4n) is 4.58. The maximum atomic E-state index is 13.6. The number of ether oxygens (including phenoxy) is 6. The molecule has 0 aliphatic carbocycles. The number of benzene rings is 2. The molecule has 0 saturated carbocycles. The molecule has 0 fully saturated rings. The minimum Gasteiger partial charge on any atom is -0.493 e. The first-order valence-electron chi connectivity index (χ1n) is 10.6. The highest BCUT2D eigenvalue weighted by Crippen LogP contribution is 2.49. The van der Waals surface area contributed by atoms with Crippen LogP contribution in [0.2, 0.25) is 0 Å². The maximum Gasteiger partial charge on any atom is 0.302 e. The van der Waals surface area contributed by atoms with Crippen molar-refractivity contribution in [3.05, 3.63) is 53.1 Å². The Kier molecular flexibility index (Phi) is 5.15. The van der Waals surface area contributed by atoms with E-state index in [1.807, 2.05) is 0 Å². The summed E-state index contributed by atoms with van der Waals surface area (Å²) in [7, 11) is 3.10. The third-order valence-electron chi connectivity index (χ3n) is 6.24. The maximum absolute atomic E-state index is 13.6. The van der Waals surface area contributed by atoms with Crippen LogP contribution < -0.4 is 23.7 Å². The van der Waals surface area contributed by atoms with Crippen molar-refractivity contribution >= 4 is 11.8 Å². The van der Waals surface area contributed by atoms with Crippen molar-refractivity contribution in [3.63, 3.8) is 0 Å². The van der Waals surface area contributed by atoms with E-state index in [0.29, 0.717) is 51.9 Å². The van der Waals surface area contributed by atoms with Gasteiger partial charge in [-0.15, -0.1) is 0 Å². The Morgan fingerprint density at radius 3 is 2.61 bits per heavy atom. The first-order chi connectivity index (χ1) is 15.9. The summed E-state index contributed by atoms with van der Waals surface area (Å²) in [4.78, 5) is 24.8. The molecule has 0 radical (unpaired) electrons. The van der Waals surface area contributed by atoms with Gasteiger partial charge in [-0.25, -0.2) is 0 Å². The van der Waals surface area contributed by atoms with Gasteiger partial charge in [-0.05, 0) is 18.2 Å². The van der Waals surface area contributed by atoms with E-state index in [1.54, 1.807) is 38.5 Å². The van der Waals surface area contributed by atoms with Crippen molar-refractivity contribution in [2.45, 2.75) is 31.5 Å². The van der Waals surface area contributed by atoms with Crippen LogP contribution in [0.15, 0.2) is 36.4 Å². The van der Waals surface area contributed by atoms with Crippen molar-refractivity contribution < 1.29 is 38.0 Å². The van der Waals surface area contributed by atoms with Crippen LogP contribution >= 0.6 is 0 Å². The molecule has 0 bridgehead atoms. The monoisotopic (exact) mass is 452 g/mol. The van der Waals surface area contributed by atoms with E-state index in [4.69, 9.17) is 28.4 Å². The molecule has 0 N–H and O–H groups in total. The van der Waals surface area contributed by atoms with E-state index in [0.717, 1.165) is 5.56 Å². The number of ketones is 1. The lowest BCUT2D eigenvalue weighted by atomic mass is 9.81. The Morgan fingerprint density at radius 1 is 1.12 bits per heavy atom. The standard InChI is InChI=1S/C25H24O8/c1-12(10-30-13(2)26)18-8-16-17(32-18)6-5-14-24(27)23-15-7-20(28-3)21(29-4)9-19(15)31-11-22(23)33-25(14)16/h5-7,9,18,22-23H,1,8,10-11H2,2-4H3/t18-,22-,23+/m0/s1. The third-order valence-corrected chi connectivity index (χ3v) is 6.24. The minimum atomic E-state index is -0.517. The molecule has 0 spiro atoms. The van der Waals surface area contributed by atoms with Crippen molar-refractivity contribution in [2.75, 3.05) is 27.4 Å². The largest absolute Gasteiger partial charge is 0.493 e. The Hall–Kier alpha value is -3.68. The minimum absolute atomic E-state index is 0.0389. The molecule has 2 aromatic rings. The molecule has 33 heavy (non-hydrogen) atoms. The van der Waals surface area contributed by atoms with E-state index >= 15 is 0 Å². The summed E-state index contributed by atoms with van der Waals surface area (Å²) in [5, 5.41) is 0. The van der Waals surface area contributed by atoms with Crippen LogP contribution in [0.1, 0.15) is 34.3 Å². The zero-order valence-corrected chi connectivity index (χ0v) is 18.6. The van der Waals surface area contributed by atoms with Crippen LogP contribution in [-0.4, -0.2) is 51.4 Å². The SMILES string of the molecule is C=C(COC(C)=O)[C@@H]1Cc2c(ccc3c2O[C@H]2COc4cc(OC)c(OC)cc4[C@H]2C3=O)O1. The molecule has 0 unspecified atom stereocenters. The predicted octanol–water partition coefficient (Wildman–Crippen LogP) is 3.25. The highest BCUT2D eigenvalue weighted by molar-refractivity contribution is 6.06. The van der Waals surface area contributed by atoms with Gasteiger partial charge in [0.05, 0.1) is 25.7 Å². The highest BCUT2D eigenvalue weighted by atomic mass is 16.5. The number of carbonyl (C=O) groups excluding carboxylic acids is 2. The molecule has 0 saturated heterocycles. The Bertz CT molecular complexity index is 1170. The second-order valence-electron chi connectivity index (χ2n) is 8.22. The second-order valence-corrected chi connectivity index (χ2v) is 8.22. The Morgan fingerprint density at radius 2 is 1.88 bits per heavy atom. The Balaban J connectivity index is 1.46. The zero-order valence-electron chi connectivity index (χ0n) is 18.6. The molecular weight excluding hydrogens is 428 g/mol. The lowest BCUT2D eigenvalue weighted by molar-refractivity contribution is -0.140. The number of hydrogen-bond donors (Lipinski definition) is 0. The van der Waals surface area contributed by atoms with Gasteiger partial charge >= 0.3 is 5.97 Å². The molecule has 0 amide bonds. The molecule has 172 valence electrons. The second kappa shape index (κ2) is 8.03. The lowest BCUT2D eigenvalue weighted by Crippen LogP contribution is -2.43. The van der Waals surface area contributed by atoms with Gasteiger partial charge in [0.15, 0.2) is 17.3 Å². The first kappa shape index (κ1) is 21.2. The zero-order chi connectivity index (χ0) is 23.3. The third kappa shape index (κ3) is 3.46. The summed E-state index contributed by atoms with van der Waals surface area (Å²) in [6, 6.07) is 7.04. The van der Waals surface area contributed by atoms with Crippen molar-refractivity contribution in [2.24, 2.45) is 0 Å². The molecule has 2 aromatic carbocycles.